The first-order valence-electron chi connectivity index (χ1n) is 3.96. The van der Waals surface area contributed by atoms with Crippen LogP contribution in [0.3, 0.4) is 0 Å². The lowest BCUT2D eigenvalue weighted by molar-refractivity contribution is -0.139. The number of carbonyl (C=O) groups is 1. The molecule has 0 radical (unpaired) electrons. The third-order valence-corrected chi connectivity index (χ3v) is 3.32. The van der Waals surface area contributed by atoms with Crippen LogP contribution in [0.1, 0.15) is 0 Å². The van der Waals surface area contributed by atoms with Crippen LogP contribution < -0.4 is 5.32 Å². The molecule has 0 aliphatic carbocycles. The molecule has 1 aliphatic rings. The number of hydrogen-bond donors (Lipinski definition) is 2. The summed E-state index contributed by atoms with van der Waals surface area (Å²) in [5.41, 5.74) is 0. The van der Waals surface area contributed by atoms with Crippen LogP contribution in [0.15, 0.2) is 0 Å². The first-order valence-corrected chi connectivity index (χ1v) is 5.45. The number of carboxylic acids is 1. The van der Waals surface area contributed by atoms with E-state index in [2.05, 4.69) is 5.32 Å². The zero-order chi connectivity index (χ0) is 9.84. The molecule has 1 saturated heterocycles. The van der Waals surface area contributed by atoms with Gasteiger partial charge in [-0.3, -0.25) is 14.3 Å². The summed E-state index contributed by atoms with van der Waals surface area (Å²) < 4.78 is 16.1. The quantitative estimate of drug-likeness (QED) is 0.608. The smallest absolute Gasteiger partial charge is 0.321 e. The van der Waals surface area contributed by atoms with Crippen molar-refractivity contribution in [2.75, 3.05) is 25.2 Å². The Morgan fingerprint density at radius 3 is 2.92 bits per heavy atom. The van der Waals surface area contributed by atoms with E-state index in [1.54, 1.807) is 0 Å². The van der Waals surface area contributed by atoms with E-state index in [1.807, 2.05) is 0 Å². The van der Waals surface area contributed by atoms with Crippen molar-refractivity contribution >= 4 is 16.8 Å². The number of nitrogens with one attached hydrogen (secondary N) is 1. The summed E-state index contributed by atoms with van der Waals surface area (Å²) in [6.07, 6.45) is 0. The third kappa shape index (κ3) is 3.06. The van der Waals surface area contributed by atoms with Gasteiger partial charge in [-0.15, -0.1) is 0 Å². The van der Waals surface area contributed by atoms with Gasteiger partial charge in [-0.25, -0.2) is 0 Å². The van der Waals surface area contributed by atoms with Gasteiger partial charge in [0.1, 0.15) is 6.04 Å². The van der Waals surface area contributed by atoms with E-state index in [0.717, 1.165) is 0 Å². The van der Waals surface area contributed by atoms with Gasteiger partial charge in [-0.1, -0.05) is 0 Å². The van der Waals surface area contributed by atoms with Gasteiger partial charge >= 0.3 is 5.97 Å². The van der Waals surface area contributed by atoms with Crippen molar-refractivity contribution in [3.63, 3.8) is 0 Å². The zero-order valence-electron chi connectivity index (χ0n) is 7.36. The van der Waals surface area contributed by atoms with Gasteiger partial charge in [0.25, 0.3) is 0 Å². The minimum Gasteiger partial charge on any atom is -0.480 e. The summed E-state index contributed by atoms with van der Waals surface area (Å²) in [7, 11) is 0.491. The molecule has 0 spiro atoms. The molecule has 76 valence electrons. The van der Waals surface area contributed by atoms with Crippen molar-refractivity contribution in [1.82, 2.24) is 5.32 Å². The van der Waals surface area contributed by atoms with Crippen LogP contribution >= 0.6 is 0 Å². The van der Waals surface area contributed by atoms with E-state index in [4.69, 9.17) is 9.84 Å². The van der Waals surface area contributed by atoms with Crippen molar-refractivity contribution < 1.29 is 18.8 Å². The van der Waals surface area contributed by atoms with Gasteiger partial charge in [-0.2, -0.15) is 0 Å². The van der Waals surface area contributed by atoms with Gasteiger partial charge in [0, 0.05) is 35.5 Å². The second-order valence-electron chi connectivity index (χ2n) is 2.98. The molecule has 2 N–H and O–H groups in total. The van der Waals surface area contributed by atoms with Crippen LogP contribution in [-0.2, 0) is 20.3 Å². The number of aliphatic carboxylic acids is 1. The maximum absolute atomic E-state index is 11.2. The molecule has 1 heterocycles. The van der Waals surface area contributed by atoms with Crippen LogP contribution in [0.4, 0.5) is 0 Å². The summed E-state index contributed by atoms with van der Waals surface area (Å²) in [4.78, 5) is 10.6. The summed E-state index contributed by atoms with van der Waals surface area (Å²) >= 11 is 0. The van der Waals surface area contributed by atoms with Crippen molar-refractivity contribution in [1.29, 1.82) is 0 Å². The second-order valence-corrected chi connectivity index (χ2v) is 4.53. The van der Waals surface area contributed by atoms with Crippen molar-refractivity contribution in [2.24, 2.45) is 0 Å². The predicted octanol–water partition coefficient (Wildman–Crippen LogP) is -1.19. The molecule has 0 bridgehead atoms. The summed E-state index contributed by atoms with van der Waals surface area (Å²) in [6, 6.07) is -0.810. The van der Waals surface area contributed by atoms with E-state index >= 15 is 0 Å². The lowest BCUT2D eigenvalue weighted by Gasteiger charge is -2.27. The first-order chi connectivity index (χ1) is 6.13. The van der Waals surface area contributed by atoms with Crippen LogP contribution in [0, 0.1) is 0 Å². The van der Waals surface area contributed by atoms with Gasteiger partial charge in [-0.05, 0) is 0 Å². The van der Waals surface area contributed by atoms with Crippen molar-refractivity contribution in [2.45, 2.75) is 12.1 Å². The number of carboxylic acid groups (broad SMARTS) is 1. The predicted molar refractivity (Wildman–Crippen MR) is 48.1 cm³/mol. The summed E-state index contributed by atoms with van der Waals surface area (Å²) in [6.45, 7) is 0.398. The molecule has 3 atom stereocenters. The van der Waals surface area contributed by atoms with Gasteiger partial charge in [0.2, 0.25) is 0 Å². The van der Waals surface area contributed by atoms with E-state index in [1.165, 1.54) is 7.11 Å². The maximum Gasteiger partial charge on any atom is 0.321 e. The Morgan fingerprint density at radius 1 is 1.69 bits per heavy atom. The van der Waals surface area contributed by atoms with Crippen LogP contribution in [-0.4, -0.2) is 52.6 Å². The Bertz CT molecular complexity index is 221. The minimum absolute atomic E-state index is 0.110. The van der Waals surface area contributed by atoms with Crippen LogP contribution in [0.25, 0.3) is 0 Å². The number of rotatable bonds is 3. The standard InChI is InChI=1S/C7H13NO4S/c1-12-2-5-3-13(11)4-6(8-5)7(9)10/h5-6,8H,2-4H2,1H3,(H,9,10). The van der Waals surface area contributed by atoms with E-state index in [9.17, 15) is 9.00 Å². The third-order valence-electron chi connectivity index (χ3n) is 1.84. The van der Waals surface area contributed by atoms with Gasteiger partial charge in [0.15, 0.2) is 0 Å². The molecular weight excluding hydrogens is 194 g/mol. The van der Waals surface area contributed by atoms with E-state index in [-0.39, 0.29) is 11.8 Å². The largest absolute Gasteiger partial charge is 0.480 e. The molecule has 0 aromatic carbocycles. The van der Waals surface area contributed by atoms with Crippen molar-refractivity contribution in [3.8, 4) is 0 Å². The fraction of sp³-hybridized carbons (Fsp3) is 0.857. The monoisotopic (exact) mass is 207 g/mol. The van der Waals surface area contributed by atoms with E-state index in [0.29, 0.717) is 12.4 Å². The number of ether oxygens (including phenoxy) is 1. The molecule has 0 aromatic rings. The second kappa shape index (κ2) is 4.69. The fourth-order valence-electron chi connectivity index (χ4n) is 1.30. The molecule has 6 heteroatoms. The van der Waals surface area contributed by atoms with Gasteiger partial charge in [0.05, 0.1) is 6.61 Å². The SMILES string of the molecule is COCC1CS(=O)CC(C(=O)O)N1. The Morgan fingerprint density at radius 2 is 2.38 bits per heavy atom. The van der Waals surface area contributed by atoms with Crippen molar-refractivity contribution in [3.05, 3.63) is 0 Å². The molecule has 0 saturated carbocycles. The Kier molecular flexibility index (Phi) is 3.83. The minimum atomic E-state index is -1.05. The molecule has 1 rings (SSSR count). The Hall–Kier alpha value is -0.460. The molecule has 0 amide bonds. The normalized spacial score (nSPS) is 34.4. The molecule has 1 fully saturated rings. The van der Waals surface area contributed by atoms with Gasteiger partial charge < -0.3 is 9.84 Å². The zero-order valence-corrected chi connectivity index (χ0v) is 8.17. The highest BCUT2D eigenvalue weighted by Crippen LogP contribution is 2.03. The summed E-state index contributed by atoms with van der Waals surface area (Å²) in [5.74, 6) is -0.290. The molecule has 0 aromatic heterocycles. The highest BCUT2D eigenvalue weighted by molar-refractivity contribution is 7.85. The molecule has 3 unspecified atom stereocenters. The van der Waals surface area contributed by atoms with Crippen LogP contribution in [0.5, 0.6) is 0 Å². The Balaban J connectivity index is 2.52. The average Bonchev–Trinajstić information content (AvgIpc) is 2.03. The average molecular weight is 207 g/mol. The highest BCUT2D eigenvalue weighted by Gasteiger charge is 2.29. The summed E-state index contributed by atoms with van der Waals surface area (Å²) in [5, 5.41) is 11.6. The van der Waals surface area contributed by atoms with E-state index < -0.39 is 22.8 Å². The first kappa shape index (κ1) is 10.6. The molecular formula is C7H13NO4S. The Labute approximate surface area is 78.9 Å². The number of methoxy groups -OCH3 is 1. The molecule has 13 heavy (non-hydrogen) atoms. The highest BCUT2D eigenvalue weighted by atomic mass is 32.2. The topological polar surface area (TPSA) is 75.6 Å². The molecule has 1 aliphatic heterocycles. The number of hydrogen-bond acceptors (Lipinski definition) is 4. The fourth-order valence-corrected chi connectivity index (χ4v) is 2.69. The lowest BCUT2D eigenvalue weighted by Crippen LogP contribution is -2.55. The van der Waals surface area contributed by atoms with Crippen LogP contribution in [0.2, 0.25) is 0 Å². The maximum atomic E-state index is 11.2. The molecule has 5 nitrogen and oxygen atoms in total. The lowest BCUT2D eigenvalue weighted by atomic mass is 10.2.